The van der Waals surface area contributed by atoms with Crippen LogP contribution in [0, 0.1) is 17.6 Å². The number of hydrogen-bond donors (Lipinski definition) is 1. The molecule has 1 heterocycles. The molecule has 0 atom stereocenters. The summed E-state index contributed by atoms with van der Waals surface area (Å²) in [5.74, 6) is -1.69. The zero-order chi connectivity index (χ0) is 17.8. The molecule has 2 aliphatic rings. The third-order valence-corrected chi connectivity index (χ3v) is 5.27. The van der Waals surface area contributed by atoms with Gasteiger partial charge >= 0.3 is 0 Å². The van der Waals surface area contributed by atoms with Gasteiger partial charge in [0.25, 0.3) is 5.91 Å². The fraction of sp³-hybridized carbons (Fsp3) is 0.579. The lowest BCUT2D eigenvalue weighted by atomic mass is 9.87. The van der Waals surface area contributed by atoms with Gasteiger partial charge in [-0.05, 0) is 37.8 Å². The minimum Gasteiger partial charge on any atom is -0.349 e. The number of halogens is 2. The predicted octanol–water partition coefficient (Wildman–Crippen LogP) is 3.27. The molecule has 2 fully saturated rings. The number of carbonyl (C=O) groups is 2. The van der Waals surface area contributed by atoms with Gasteiger partial charge in [0.15, 0.2) is 0 Å². The predicted molar refractivity (Wildman–Crippen MR) is 90.0 cm³/mol. The molecule has 0 unspecified atom stereocenters. The van der Waals surface area contributed by atoms with E-state index in [1.165, 1.54) is 6.42 Å². The molecule has 1 aliphatic heterocycles. The Morgan fingerprint density at radius 1 is 1.00 bits per heavy atom. The van der Waals surface area contributed by atoms with Gasteiger partial charge in [0.05, 0.1) is 5.56 Å². The van der Waals surface area contributed by atoms with Crippen LogP contribution in [0.5, 0.6) is 0 Å². The van der Waals surface area contributed by atoms with E-state index in [1.807, 2.05) is 4.90 Å². The summed E-state index contributed by atoms with van der Waals surface area (Å²) < 4.78 is 26.6. The summed E-state index contributed by atoms with van der Waals surface area (Å²) in [6.07, 6.45) is 6.77. The van der Waals surface area contributed by atoms with Crippen molar-refractivity contribution in [2.24, 2.45) is 5.92 Å². The largest absolute Gasteiger partial charge is 0.349 e. The molecule has 4 nitrogen and oxygen atoms in total. The van der Waals surface area contributed by atoms with Gasteiger partial charge < -0.3 is 10.2 Å². The average Bonchev–Trinajstić information content (AvgIpc) is 2.62. The van der Waals surface area contributed by atoms with Crippen LogP contribution < -0.4 is 5.32 Å². The van der Waals surface area contributed by atoms with Crippen LogP contribution in [-0.2, 0) is 4.79 Å². The molecule has 2 amide bonds. The van der Waals surface area contributed by atoms with E-state index in [2.05, 4.69) is 5.32 Å². The second kappa shape index (κ2) is 7.93. The van der Waals surface area contributed by atoms with Crippen LogP contribution in [-0.4, -0.2) is 35.8 Å². The fourth-order valence-corrected chi connectivity index (χ4v) is 3.79. The Hall–Kier alpha value is -1.98. The van der Waals surface area contributed by atoms with Crippen LogP contribution in [0.15, 0.2) is 18.2 Å². The molecular weight excluding hydrogens is 326 g/mol. The van der Waals surface area contributed by atoms with Crippen molar-refractivity contribution < 1.29 is 18.4 Å². The lowest BCUT2D eigenvalue weighted by Crippen LogP contribution is -2.48. The summed E-state index contributed by atoms with van der Waals surface area (Å²) in [5.41, 5.74) is -0.151. The van der Waals surface area contributed by atoms with Crippen molar-refractivity contribution >= 4 is 11.8 Å². The molecule has 25 heavy (non-hydrogen) atoms. The Kier molecular flexibility index (Phi) is 5.66. The lowest BCUT2D eigenvalue weighted by molar-refractivity contribution is -0.137. The SMILES string of the molecule is O=C(NC1CCN(C(=O)C2CCCCC2)CC1)c1ccc(F)cc1F. The molecule has 0 spiro atoms. The van der Waals surface area contributed by atoms with E-state index in [4.69, 9.17) is 0 Å². The molecule has 136 valence electrons. The van der Waals surface area contributed by atoms with Crippen molar-refractivity contribution in [3.8, 4) is 0 Å². The Bertz CT molecular complexity index is 636. The van der Waals surface area contributed by atoms with Gasteiger partial charge in [0.2, 0.25) is 5.91 Å². The highest BCUT2D eigenvalue weighted by Crippen LogP contribution is 2.26. The number of rotatable bonds is 3. The number of nitrogens with one attached hydrogen (secondary N) is 1. The van der Waals surface area contributed by atoms with Crippen molar-refractivity contribution in [3.63, 3.8) is 0 Å². The van der Waals surface area contributed by atoms with E-state index in [1.54, 1.807) is 0 Å². The first kappa shape index (κ1) is 17.8. The molecule has 1 aromatic rings. The minimum absolute atomic E-state index is 0.0904. The highest BCUT2D eigenvalue weighted by Gasteiger charge is 2.29. The van der Waals surface area contributed by atoms with Crippen LogP contribution in [0.25, 0.3) is 0 Å². The van der Waals surface area contributed by atoms with Crippen molar-refractivity contribution in [1.82, 2.24) is 10.2 Å². The molecule has 1 saturated heterocycles. The highest BCUT2D eigenvalue weighted by molar-refractivity contribution is 5.94. The molecule has 0 aromatic heterocycles. The zero-order valence-electron chi connectivity index (χ0n) is 14.3. The van der Waals surface area contributed by atoms with Crippen LogP contribution in [0.4, 0.5) is 8.78 Å². The van der Waals surface area contributed by atoms with Gasteiger partial charge in [0.1, 0.15) is 11.6 Å². The molecular formula is C19H24F2N2O2. The summed E-state index contributed by atoms with van der Waals surface area (Å²) in [4.78, 5) is 26.6. The summed E-state index contributed by atoms with van der Waals surface area (Å²) in [6.45, 7) is 1.23. The Morgan fingerprint density at radius 3 is 2.32 bits per heavy atom. The van der Waals surface area contributed by atoms with E-state index in [0.29, 0.717) is 32.0 Å². The number of nitrogens with zero attached hydrogens (tertiary/aromatic N) is 1. The summed E-state index contributed by atoms with van der Waals surface area (Å²) >= 11 is 0. The highest BCUT2D eigenvalue weighted by atomic mass is 19.1. The van der Waals surface area contributed by atoms with Crippen molar-refractivity contribution in [3.05, 3.63) is 35.4 Å². The first-order chi connectivity index (χ1) is 12.0. The number of piperidine rings is 1. The van der Waals surface area contributed by atoms with Crippen molar-refractivity contribution in [1.29, 1.82) is 0 Å². The first-order valence-corrected chi connectivity index (χ1v) is 9.09. The van der Waals surface area contributed by atoms with Crippen LogP contribution in [0.1, 0.15) is 55.3 Å². The van der Waals surface area contributed by atoms with E-state index in [-0.39, 0.29) is 23.4 Å². The maximum absolute atomic E-state index is 13.7. The van der Waals surface area contributed by atoms with Gasteiger partial charge in [-0.25, -0.2) is 8.78 Å². The standard InChI is InChI=1S/C19H24F2N2O2/c20-14-6-7-16(17(21)12-14)18(24)22-15-8-10-23(11-9-15)19(25)13-4-2-1-3-5-13/h6-7,12-13,15H,1-5,8-11H2,(H,22,24). The van der Waals surface area contributed by atoms with Gasteiger partial charge in [-0.2, -0.15) is 0 Å². The molecule has 6 heteroatoms. The first-order valence-electron chi connectivity index (χ1n) is 9.09. The second-order valence-corrected chi connectivity index (χ2v) is 7.03. The van der Waals surface area contributed by atoms with Gasteiger partial charge in [-0.15, -0.1) is 0 Å². The zero-order valence-corrected chi connectivity index (χ0v) is 14.3. The summed E-state index contributed by atoms with van der Waals surface area (Å²) in [6, 6.07) is 2.85. The monoisotopic (exact) mass is 350 g/mol. The van der Waals surface area contributed by atoms with Crippen LogP contribution in [0.3, 0.4) is 0 Å². The van der Waals surface area contributed by atoms with Crippen molar-refractivity contribution in [2.45, 2.75) is 51.0 Å². The van der Waals surface area contributed by atoms with E-state index in [9.17, 15) is 18.4 Å². The molecule has 1 saturated carbocycles. The maximum atomic E-state index is 13.7. The van der Waals surface area contributed by atoms with Crippen molar-refractivity contribution in [2.75, 3.05) is 13.1 Å². The van der Waals surface area contributed by atoms with E-state index in [0.717, 1.165) is 37.8 Å². The summed E-state index contributed by atoms with van der Waals surface area (Å²) in [5, 5.41) is 2.80. The third-order valence-electron chi connectivity index (χ3n) is 5.27. The summed E-state index contributed by atoms with van der Waals surface area (Å²) in [7, 11) is 0. The number of hydrogen-bond acceptors (Lipinski definition) is 2. The van der Waals surface area contributed by atoms with Crippen LogP contribution >= 0.6 is 0 Å². The van der Waals surface area contributed by atoms with E-state index < -0.39 is 17.5 Å². The maximum Gasteiger partial charge on any atom is 0.254 e. The second-order valence-electron chi connectivity index (χ2n) is 7.03. The molecule has 1 N–H and O–H groups in total. The molecule has 3 rings (SSSR count). The number of amides is 2. The molecule has 0 radical (unpaired) electrons. The van der Waals surface area contributed by atoms with Gasteiger partial charge in [-0.3, -0.25) is 9.59 Å². The smallest absolute Gasteiger partial charge is 0.254 e. The van der Waals surface area contributed by atoms with Gasteiger partial charge in [0, 0.05) is 31.1 Å². The third kappa shape index (κ3) is 4.35. The average molecular weight is 350 g/mol. The topological polar surface area (TPSA) is 49.4 Å². The fourth-order valence-electron chi connectivity index (χ4n) is 3.79. The molecule has 1 aromatic carbocycles. The molecule has 1 aliphatic carbocycles. The van der Waals surface area contributed by atoms with E-state index >= 15 is 0 Å². The quantitative estimate of drug-likeness (QED) is 0.910. The lowest BCUT2D eigenvalue weighted by Gasteiger charge is -2.35. The molecule has 0 bridgehead atoms. The minimum atomic E-state index is -0.859. The Morgan fingerprint density at radius 2 is 1.68 bits per heavy atom. The normalized spacial score (nSPS) is 19.7. The number of benzene rings is 1. The van der Waals surface area contributed by atoms with Gasteiger partial charge in [-0.1, -0.05) is 19.3 Å². The number of carbonyl (C=O) groups excluding carboxylic acids is 2. The van der Waals surface area contributed by atoms with Crippen LogP contribution in [0.2, 0.25) is 0 Å². The Labute approximate surface area is 146 Å². The Balaban J connectivity index is 1.50. The number of likely N-dealkylation sites (tertiary alicyclic amines) is 1.